The van der Waals surface area contributed by atoms with E-state index in [4.69, 9.17) is 5.73 Å². The smallest absolute Gasteiger partial charge is 0.235 e. The van der Waals surface area contributed by atoms with Gasteiger partial charge in [0.1, 0.15) is 11.4 Å². The maximum absolute atomic E-state index is 12.7. The number of rotatable bonds is 4. The van der Waals surface area contributed by atoms with E-state index in [1.807, 2.05) is 6.92 Å². The van der Waals surface area contributed by atoms with Crippen molar-refractivity contribution in [2.24, 2.45) is 23.5 Å². The highest BCUT2D eigenvalue weighted by Crippen LogP contribution is 2.42. The molecule has 0 heterocycles. The van der Waals surface area contributed by atoms with Crippen molar-refractivity contribution in [3.63, 3.8) is 0 Å². The van der Waals surface area contributed by atoms with Crippen LogP contribution in [0, 0.1) is 31.6 Å². The number of aliphatic hydroxyl groups excluding tert-OH is 1. The highest BCUT2D eigenvalue weighted by molar-refractivity contribution is 6.22. The van der Waals surface area contributed by atoms with Crippen molar-refractivity contribution in [1.82, 2.24) is 0 Å². The molecule has 8 nitrogen and oxygen atoms in total. The molecule has 1 fully saturated rings. The molecule has 1 amide bonds. The summed E-state index contributed by atoms with van der Waals surface area (Å²) in [7, 11) is 0. The highest BCUT2D eigenvalue weighted by Gasteiger charge is 2.55. The predicted molar refractivity (Wildman–Crippen MR) is 101 cm³/mol. The summed E-state index contributed by atoms with van der Waals surface area (Å²) >= 11 is 0. The molecule has 5 N–H and O–H groups in total. The van der Waals surface area contributed by atoms with Gasteiger partial charge < -0.3 is 21.1 Å². The quantitative estimate of drug-likeness (QED) is 0.521. The van der Waals surface area contributed by atoms with Gasteiger partial charge in [0.05, 0.1) is 12.2 Å². The van der Waals surface area contributed by atoms with E-state index in [9.17, 15) is 34.5 Å². The maximum atomic E-state index is 12.7. The lowest BCUT2D eigenvalue weighted by molar-refractivity contribution is -0.167. The summed E-state index contributed by atoms with van der Waals surface area (Å²) in [5, 5.41) is 30.8. The van der Waals surface area contributed by atoms with Gasteiger partial charge in [0.2, 0.25) is 5.91 Å². The van der Waals surface area contributed by atoms with Gasteiger partial charge in [-0.25, -0.2) is 0 Å². The zero-order valence-corrected chi connectivity index (χ0v) is 16.4. The first kappa shape index (κ1) is 21.1. The number of aryl methyl sites for hydroxylation is 2. The van der Waals surface area contributed by atoms with Crippen LogP contribution in [-0.4, -0.2) is 50.8 Å². The first-order valence-corrected chi connectivity index (χ1v) is 9.56. The largest absolute Gasteiger partial charge is 0.507 e. The number of Topliss-reactive ketones (excluding diaryl/α,β-unsaturated/α-hetero) is 3. The van der Waals surface area contributed by atoms with Gasteiger partial charge in [-0.3, -0.25) is 19.2 Å². The third-order valence-electron chi connectivity index (χ3n) is 6.34. The Hall–Kier alpha value is -2.58. The summed E-state index contributed by atoms with van der Waals surface area (Å²) in [6, 6.07) is 1.79. The number of amides is 1. The molecular formula is C21H25NO7. The Morgan fingerprint density at radius 1 is 1.17 bits per heavy atom. The van der Waals surface area contributed by atoms with Crippen molar-refractivity contribution in [3.8, 4) is 5.75 Å². The number of phenols is 1. The third kappa shape index (κ3) is 3.36. The first-order valence-electron chi connectivity index (χ1n) is 9.56. The molecule has 2 aliphatic rings. The number of phenolic OH excluding ortho intramolecular Hbond substituents is 1. The Morgan fingerprint density at radius 3 is 2.41 bits per heavy atom. The summed E-state index contributed by atoms with van der Waals surface area (Å²) in [5.41, 5.74) is 5.35. The lowest BCUT2D eigenvalue weighted by Crippen LogP contribution is -2.60. The standard InChI is InChI=1S/C21H25NO7/c1-9-3-10(2)18(26)16-13(9)5-11(6-14(16)24)4-12-7-15(25)17(20(22)28)19(27)21(12,29)8-23/h3,11-12,17,23,26,29H,4-8H2,1-2H3,(H2,22,28)/t11?,12-,17?,21+/m0/s1. The number of benzene rings is 1. The molecule has 0 aliphatic heterocycles. The van der Waals surface area contributed by atoms with Crippen LogP contribution in [0.25, 0.3) is 0 Å². The predicted octanol–water partition coefficient (Wildman–Crippen LogP) is 0.127. The van der Waals surface area contributed by atoms with Gasteiger partial charge >= 0.3 is 0 Å². The third-order valence-corrected chi connectivity index (χ3v) is 6.34. The van der Waals surface area contributed by atoms with Crippen LogP contribution < -0.4 is 5.73 Å². The van der Waals surface area contributed by atoms with E-state index in [0.717, 1.165) is 5.56 Å². The summed E-state index contributed by atoms with van der Waals surface area (Å²) in [6.45, 7) is 2.62. The second-order valence-corrected chi connectivity index (χ2v) is 8.30. The van der Waals surface area contributed by atoms with Crippen molar-refractivity contribution in [1.29, 1.82) is 0 Å². The number of hydrogen-bond acceptors (Lipinski definition) is 7. The number of nitrogens with two attached hydrogens (primary N) is 1. The highest BCUT2D eigenvalue weighted by atomic mass is 16.3. The molecule has 3 rings (SSSR count). The summed E-state index contributed by atoms with van der Waals surface area (Å²) in [4.78, 5) is 49.0. The second-order valence-electron chi connectivity index (χ2n) is 8.30. The minimum atomic E-state index is -2.26. The van der Waals surface area contributed by atoms with Gasteiger partial charge in [0, 0.05) is 18.8 Å². The van der Waals surface area contributed by atoms with Crippen LogP contribution in [0.4, 0.5) is 0 Å². The molecule has 1 saturated carbocycles. The molecule has 2 aliphatic carbocycles. The minimum Gasteiger partial charge on any atom is -0.507 e. The number of ketones is 3. The van der Waals surface area contributed by atoms with Crippen LogP contribution in [0.15, 0.2) is 6.07 Å². The van der Waals surface area contributed by atoms with Crippen molar-refractivity contribution >= 4 is 23.3 Å². The lowest BCUT2D eigenvalue weighted by atomic mass is 9.64. The molecule has 0 spiro atoms. The van der Waals surface area contributed by atoms with Gasteiger partial charge in [-0.15, -0.1) is 0 Å². The number of aliphatic hydroxyl groups is 2. The zero-order chi connectivity index (χ0) is 21.7. The molecule has 29 heavy (non-hydrogen) atoms. The van der Waals surface area contributed by atoms with Crippen LogP contribution in [-0.2, 0) is 20.8 Å². The number of aromatic hydroxyl groups is 1. The fourth-order valence-electron chi connectivity index (χ4n) is 4.78. The molecule has 0 bridgehead atoms. The Balaban J connectivity index is 1.90. The van der Waals surface area contributed by atoms with E-state index < -0.39 is 41.5 Å². The van der Waals surface area contributed by atoms with Gasteiger partial charge in [0.15, 0.2) is 23.3 Å². The van der Waals surface area contributed by atoms with E-state index in [0.29, 0.717) is 23.1 Å². The Bertz CT molecular complexity index is 922. The van der Waals surface area contributed by atoms with Crippen LogP contribution in [0.1, 0.15) is 46.3 Å². The lowest BCUT2D eigenvalue weighted by Gasteiger charge is -2.41. The monoisotopic (exact) mass is 403 g/mol. The first-order chi connectivity index (χ1) is 13.5. The molecular weight excluding hydrogens is 378 g/mol. The fraction of sp³-hybridized carbons (Fsp3) is 0.524. The normalized spacial score (nSPS) is 29.7. The number of hydrogen-bond donors (Lipinski definition) is 4. The second kappa shape index (κ2) is 7.35. The fourth-order valence-corrected chi connectivity index (χ4v) is 4.78. The average molecular weight is 403 g/mol. The Labute approximate surface area is 167 Å². The van der Waals surface area contributed by atoms with Crippen LogP contribution in [0.5, 0.6) is 5.75 Å². The summed E-state index contributed by atoms with van der Waals surface area (Å²) in [6.07, 6.45) is 0.370. The molecule has 1 aromatic rings. The molecule has 0 saturated heterocycles. The van der Waals surface area contributed by atoms with Crippen molar-refractivity contribution in [2.45, 2.75) is 45.1 Å². The molecule has 156 valence electrons. The average Bonchev–Trinajstić information content (AvgIpc) is 2.63. The molecule has 0 radical (unpaired) electrons. The number of carbonyl (C=O) groups excluding carboxylic acids is 4. The van der Waals surface area contributed by atoms with E-state index in [1.165, 1.54) is 0 Å². The molecule has 2 unspecified atom stereocenters. The topological polar surface area (TPSA) is 155 Å². The van der Waals surface area contributed by atoms with Gasteiger partial charge in [-0.2, -0.15) is 0 Å². The minimum absolute atomic E-state index is 0.0340. The number of carbonyl (C=O) groups is 4. The van der Waals surface area contributed by atoms with Crippen LogP contribution in [0.3, 0.4) is 0 Å². The van der Waals surface area contributed by atoms with E-state index in [2.05, 4.69) is 0 Å². The van der Waals surface area contributed by atoms with Gasteiger partial charge in [-0.05, 0) is 49.3 Å². The Morgan fingerprint density at radius 2 is 1.83 bits per heavy atom. The number of primary amides is 1. The van der Waals surface area contributed by atoms with Gasteiger partial charge in [0.25, 0.3) is 0 Å². The Kier molecular flexibility index (Phi) is 5.36. The maximum Gasteiger partial charge on any atom is 0.235 e. The number of fused-ring (bicyclic) bond motifs is 1. The molecule has 4 atom stereocenters. The molecule has 8 heteroatoms. The van der Waals surface area contributed by atoms with Crippen molar-refractivity contribution in [3.05, 3.63) is 28.3 Å². The van der Waals surface area contributed by atoms with Crippen molar-refractivity contribution in [2.75, 3.05) is 6.61 Å². The van der Waals surface area contributed by atoms with E-state index >= 15 is 0 Å². The summed E-state index contributed by atoms with van der Waals surface area (Å²) in [5.74, 6) is -6.16. The SMILES string of the molecule is Cc1cc(C)c2c(c1O)C(=O)CC(C[C@H]1CC(=O)C(C(N)=O)C(=O)[C@@]1(O)CO)C2. The van der Waals surface area contributed by atoms with E-state index in [-0.39, 0.29) is 36.7 Å². The van der Waals surface area contributed by atoms with E-state index in [1.54, 1.807) is 13.0 Å². The zero-order valence-electron chi connectivity index (χ0n) is 16.4. The molecule has 0 aromatic heterocycles. The molecule has 1 aromatic carbocycles. The van der Waals surface area contributed by atoms with Gasteiger partial charge in [-0.1, -0.05) is 6.07 Å². The van der Waals surface area contributed by atoms with Crippen LogP contribution in [0.2, 0.25) is 0 Å². The van der Waals surface area contributed by atoms with Crippen molar-refractivity contribution < 1.29 is 34.5 Å². The van der Waals surface area contributed by atoms with Crippen LogP contribution >= 0.6 is 0 Å². The summed E-state index contributed by atoms with van der Waals surface area (Å²) < 4.78 is 0.